The number of anilines is 2. The Hall–Kier alpha value is -3.35. The molecule has 1 atom stereocenters. The number of carbonyl (C=O) groups excluding carboxylic acids is 3. The number of fused-ring (bicyclic) bond motifs is 1. The van der Waals surface area contributed by atoms with Crippen molar-refractivity contribution in [2.45, 2.75) is 39.2 Å². The lowest BCUT2D eigenvalue weighted by molar-refractivity contribution is -0.122. The van der Waals surface area contributed by atoms with Gasteiger partial charge in [-0.3, -0.25) is 9.59 Å². The SMILES string of the molecule is CCCCOc1ccc(C(=O)OCC(=O)N2c3ccccc3NC(=O)C[C@H]2C)cc1. The summed E-state index contributed by atoms with van der Waals surface area (Å²) in [6.07, 6.45) is 2.17. The van der Waals surface area contributed by atoms with E-state index < -0.39 is 12.6 Å². The second-order valence-corrected chi connectivity index (χ2v) is 7.18. The number of ether oxygens (including phenoxy) is 2. The molecule has 0 unspecified atom stereocenters. The van der Waals surface area contributed by atoms with Crippen LogP contribution in [-0.4, -0.2) is 37.0 Å². The van der Waals surface area contributed by atoms with Crippen molar-refractivity contribution in [3.63, 3.8) is 0 Å². The van der Waals surface area contributed by atoms with Crippen LogP contribution >= 0.6 is 0 Å². The molecule has 2 aromatic rings. The third kappa shape index (κ3) is 5.17. The van der Waals surface area contributed by atoms with E-state index in [0.29, 0.717) is 29.3 Å². The molecule has 2 aromatic carbocycles. The standard InChI is InChI=1S/C23H26N2O5/c1-3-4-13-29-18-11-9-17(10-12-18)23(28)30-15-22(27)25-16(2)14-21(26)24-19-7-5-6-8-20(19)25/h5-12,16H,3-4,13-15H2,1-2H3,(H,24,26)/t16-/m1/s1. The fourth-order valence-corrected chi connectivity index (χ4v) is 3.27. The van der Waals surface area contributed by atoms with Crippen LogP contribution in [0.3, 0.4) is 0 Å². The number of unbranched alkanes of at least 4 members (excludes halogenated alkanes) is 1. The highest BCUT2D eigenvalue weighted by Gasteiger charge is 2.30. The van der Waals surface area contributed by atoms with E-state index in [4.69, 9.17) is 9.47 Å². The number of para-hydroxylation sites is 2. The van der Waals surface area contributed by atoms with E-state index in [1.165, 1.54) is 4.90 Å². The third-order valence-corrected chi connectivity index (χ3v) is 4.81. The third-order valence-electron chi connectivity index (χ3n) is 4.81. The van der Waals surface area contributed by atoms with Crippen LogP contribution in [0.2, 0.25) is 0 Å². The number of carbonyl (C=O) groups is 3. The van der Waals surface area contributed by atoms with E-state index in [1.807, 2.05) is 0 Å². The second kappa shape index (κ2) is 9.91. The first-order valence-corrected chi connectivity index (χ1v) is 10.1. The van der Waals surface area contributed by atoms with Crippen LogP contribution < -0.4 is 15.0 Å². The molecule has 1 heterocycles. The summed E-state index contributed by atoms with van der Waals surface area (Å²) in [5.41, 5.74) is 1.49. The molecule has 0 saturated carbocycles. The molecule has 7 heteroatoms. The van der Waals surface area contributed by atoms with Gasteiger partial charge in [0.1, 0.15) is 5.75 Å². The van der Waals surface area contributed by atoms with E-state index in [9.17, 15) is 14.4 Å². The largest absolute Gasteiger partial charge is 0.494 e. The van der Waals surface area contributed by atoms with Crippen molar-refractivity contribution < 1.29 is 23.9 Å². The van der Waals surface area contributed by atoms with Crippen molar-refractivity contribution >= 4 is 29.2 Å². The summed E-state index contributed by atoms with van der Waals surface area (Å²) >= 11 is 0. The number of amides is 2. The lowest BCUT2D eigenvalue weighted by atomic mass is 10.1. The molecule has 1 aliphatic rings. The molecule has 158 valence electrons. The molecule has 0 bridgehead atoms. The Bertz CT molecular complexity index is 910. The van der Waals surface area contributed by atoms with Gasteiger partial charge in [0.2, 0.25) is 5.91 Å². The first-order chi connectivity index (χ1) is 14.5. The number of benzene rings is 2. The van der Waals surface area contributed by atoms with Crippen LogP contribution in [0.1, 0.15) is 43.5 Å². The molecule has 1 N–H and O–H groups in total. The van der Waals surface area contributed by atoms with Crippen molar-refractivity contribution in [1.82, 2.24) is 0 Å². The zero-order valence-corrected chi connectivity index (χ0v) is 17.2. The Morgan fingerprint density at radius 2 is 1.87 bits per heavy atom. The van der Waals surface area contributed by atoms with Gasteiger partial charge >= 0.3 is 5.97 Å². The minimum absolute atomic E-state index is 0.161. The molecule has 0 saturated heterocycles. The maximum absolute atomic E-state index is 12.9. The Morgan fingerprint density at radius 3 is 2.60 bits per heavy atom. The van der Waals surface area contributed by atoms with Crippen molar-refractivity contribution in [3.8, 4) is 5.75 Å². The van der Waals surface area contributed by atoms with Gasteiger partial charge in [0, 0.05) is 12.5 Å². The molecular formula is C23H26N2O5. The van der Waals surface area contributed by atoms with Gasteiger partial charge in [-0.1, -0.05) is 25.5 Å². The van der Waals surface area contributed by atoms with Crippen LogP contribution in [0, 0.1) is 0 Å². The monoisotopic (exact) mass is 410 g/mol. The van der Waals surface area contributed by atoms with Gasteiger partial charge in [0.15, 0.2) is 6.61 Å². The van der Waals surface area contributed by atoms with Gasteiger partial charge in [-0.2, -0.15) is 0 Å². The summed E-state index contributed by atoms with van der Waals surface area (Å²) in [4.78, 5) is 38.8. The van der Waals surface area contributed by atoms with Gasteiger partial charge in [-0.15, -0.1) is 0 Å². The normalized spacial score (nSPS) is 15.6. The first-order valence-electron chi connectivity index (χ1n) is 10.1. The lowest BCUT2D eigenvalue weighted by Crippen LogP contribution is -2.41. The highest BCUT2D eigenvalue weighted by molar-refractivity contribution is 6.05. The van der Waals surface area contributed by atoms with Crippen LogP contribution in [0.4, 0.5) is 11.4 Å². The minimum atomic E-state index is -0.589. The summed E-state index contributed by atoms with van der Waals surface area (Å²) in [7, 11) is 0. The minimum Gasteiger partial charge on any atom is -0.494 e. The highest BCUT2D eigenvalue weighted by atomic mass is 16.5. The quantitative estimate of drug-likeness (QED) is 0.555. The van der Waals surface area contributed by atoms with Crippen LogP contribution in [0.15, 0.2) is 48.5 Å². The molecule has 0 spiro atoms. The number of rotatable bonds is 7. The summed E-state index contributed by atoms with van der Waals surface area (Å²) in [6, 6.07) is 13.3. The van der Waals surface area contributed by atoms with Gasteiger partial charge in [-0.25, -0.2) is 4.79 Å². The van der Waals surface area contributed by atoms with Gasteiger partial charge < -0.3 is 19.7 Å². The summed E-state index contributed by atoms with van der Waals surface area (Å²) in [6.45, 7) is 4.09. The molecule has 7 nitrogen and oxygen atoms in total. The molecule has 1 aliphatic heterocycles. The van der Waals surface area contributed by atoms with Crippen LogP contribution in [0.5, 0.6) is 5.75 Å². The number of hydrogen-bond donors (Lipinski definition) is 1. The van der Waals surface area contributed by atoms with E-state index in [1.54, 1.807) is 55.5 Å². The molecule has 30 heavy (non-hydrogen) atoms. The number of nitrogens with zero attached hydrogens (tertiary/aromatic N) is 1. The molecule has 0 aromatic heterocycles. The Labute approximate surface area is 176 Å². The number of nitrogens with one attached hydrogen (secondary N) is 1. The molecule has 0 fully saturated rings. The fourth-order valence-electron chi connectivity index (χ4n) is 3.27. The molecular weight excluding hydrogens is 384 g/mol. The highest BCUT2D eigenvalue weighted by Crippen LogP contribution is 2.31. The topological polar surface area (TPSA) is 84.9 Å². The van der Waals surface area contributed by atoms with Crippen LogP contribution in [0.25, 0.3) is 0 Å². The van der Waals surface area contributed by atoms with E-state index in [0.717, 1.165) is 12.8 Å². The van der Waals surface area contributed by atoms with Gasteiger partial charge in [-0.05, 0) is 49.7 Å². The van der Waals surface area contributed by atoms with E-state index >= 15 is 0 Å². The Morgan fingerprint density at radius 1 is 1.13 bits per heavy atom. The number of esters is 1. The van der Waals surface area contributed by atoms with Crippen molar-refractivity contribution in [2.75, 3.05) is 23.4 Å². The molecule has 0 aliphatic carbocycles. The first kappa shape index (κ1) is 21.4. The smallest absolute Gasteiger partial charge is 0.338 e. The van der Waals surface area contributed by atoms with E-state index in [2.05, 4.69) is 12.2 Å². The summed E-state index contributed by atoms with van der Waals surface area (Å²) < 4.78 is 10.8. The molecule has 3 rings (SSSR count). The second-order valence-electron chi connectivity index (χ2n) is 7.18. The average molecular weight is 410 g/mol. The summed E-state index contributed by atoms with van der Waals surface area (Å²) in [5.74, 6) is -0.459. The van der Waals surface area contributed by atoms with Gasteiger partial charge in [0.25, 0.3) is 5.91 Å². The molecule has 2 amide bonds. The van der Waals surface area contributed by atoms with Crippen LogP contribution in [-0.2, 0) is 14.3 Å². The number of hydrogen-bond acceptors (Lipinski definition) is 5. The lowest BCUT2D eigenvalue weighted by Gasteiger charge is -2.27. The predicted octanol–water partition coefficient (Wildman–Crippen LogP) is 3.79. The zero-order chi connectivity index (χ0) is 21.5. The predicted molar refractivity (Wildman–Crippen MR) is 114 cm³/mol. The van der Waals surface area contributed by atoms with E-state index in [-0.39, 0.29) is 24.3 Å². The fraction of sp³-hybridized carbons (Fsp3) is 0.348. The Balaban J connectivity index is 1.63. The summed E-state index contributed by atoms with van der Waals surface area (Å²) in [5, 5.41) is 2.80. The maximum Gasteiger partial charge on any atom is 0.338 e. The van der Waals surface area contributed by atoms with Crippen molar-refractivity contribution in [2.24, 2.45) is 0 Å². The van der Waals surface area contributed by atoms with Gasteiger partial charge in [0.05, 0.1) is 23.5 Å². The zero-order valence-electron chi connectivity index (χ0n) is 17.2. The molecule has 0 radical (unpaired) electrons. The van der Waals surface area contributed by atoms with Crippen molar-refractivity contribution in [1.29, 1.82) is 0 Å². The Kier molecular flexibility index (Phi) is 7.06. The maximum atomic E-state index is 12.9. The average Bonchev–Trinajstić information content (AvgIpc) is 2.86. The van der Waals surface area contributed by atoms with Crippen molar-refractivity contribution in [3.05, 3.63) is 54.1 Å².